The summed E-state index contributed by atoms with van der Waals surface area (Å²) in [6.45, 7) is 0.510. The van der Waals surface area contributed by atoms with Gasteiger partial charge in [0.05, 0.1) is 12.5 Å². The highest BCUT2D eigenvalue weighted by molar-refractivity contribution is 5.88. The topological polar surface area (TPSA) is 126 Å². The quantitative estimate of drug-likeness (QED) is 0.340. The van der Waals surface area contributed by atoms with E-state index in [2.05, 4.69) is 0 Å². The molecule has 1 aromatic rings. The summed E-state index contributed by atoms with van der Waals surface area (Å²) in [6.07, 6.45) is 6.24. The summed E-state index contributed by atoms with van der Waals surface area (Å²) in [4.78, 5) is 56.7. The molecule has 11 heteroatoms. The largest absolute Gasteiger partial charge is 0.480 e. The smallest absolute Gasteiger partial charge is 0.429 e. The Bertz CT molecular complexity index is 949. The number of carboxylic acids is 1. The van der Waals surface area contributed by atoms with Gasteiger partial charge in [-0.15, -0.1) is 0 Å². The number of hydrogen-bond donors (Lipinski definition) is 1. The first-order valence-corrected chi connectivity index (χ1v) is 13.5. The zero-order valence-electron chi connectivity index (χ0n) is 21.6. The van der Waals surface area contributed by atoms with Crippen molar-refractivity contribution in [3.05, 3.63) is 35.9 Å². The molecular formula is C27H37N3O8. The van der Waals surface area contributed by atoms with Crippen molar-refractivity contribution in [2.75, 3.05) is 19.7 Å². The van der Waals surface area contributed by atoms with Crippen LogP contribution in [0.5, 0.6) is 0 Å². The zero-order valence-corrected chi connectivity index (χ0v) is 21.6. The Kier molecular flexibility index (Phi) is 9.94. The van der Waals surface area contributed by atoms with Crippen LogP contribution >= 0.6 is 0 Å². The van der Waals surface area contributed by atoms with E-state index in [0.717, 1.165) is 59.2 Å². The van der Waals surface area contributed by atoms with E-state index in [1.807, 2.05) is 30.3 Å². The normalized spacial score (nSPS) is 22.7. The van der Waals surface area contributed by atoms with E-state index in [1.54, 1.807) is 0 Å². The van der Waals surface area contributed by atoms with Crippen molar-refractivity contribution in [1.82, 2.24) is 15.1 Å². The molecule has 3 fully saturated rings. The number of ether oxygens (including phenoxy) is 2. The monoisotopic (exact) mass is 531 g/mol. The Balaban J connectivity index is 1.50. The van der Waals surface area contributed by atoms with Crippen molar-refractivity contribution < 1.29 is 38.6 Å². The summed E-state index contributed by atoms with van der Waals surface area (Å²) < 4.78 is 11.0. The standard InChI is InChI=1S/C27H37N3O8/c31-19-28(38-24-12-6-7-15-36-24)17-22(16-20-8-4-5-9-20)25(32)30-23(26(33)34)13-14-29(30)27(35)37-18-21-10-2-1-3-11-21/h1-3,10-11,19-20,22-24H,4-9,12-18H2,(H,33,34)/t22-,23+,24?/m1/s1. The third kappa shape index (κ3) is 7.22. The van der Waals surface area contributed by atoms with Crippen LogP contribution in [0.15, 0.2) is 30.3 Å². The second kappa shape index (κ2) is 13.6. The van der Waals surface area contributed by atoms with E-state index in [1.165, 1.54) is 0 Å². The van der Waals surface area contributed by atoms with Gasteiger partial charge in [-0.05, 0) is 30.7 Å². The first kappa shape index (κ1) is 27.8. The lowest BCUT2D eigenvalue weighted by Crippen LogP contribution is -2.54. The maximum atomic E-state index is 14.0. The summed E-state index contributed by atoms with van der Waals surface area (Å²) in [5, 5.41) is 13.1. The van der Waals surface area contributed by atoms with Crippen LogP contribution in [0.25, 0.3) is 0 Å². The molecule has 3 amide bonds. The van der Waals surface area contributed by atoms with Crippen molar-refractivity contribution in [2.24, 2.45) is 11.8 Å². The number of carbonyl (C=O) groups is 4. The summed E-state index contributed by atoms with van der Waals surface area (Å²) in [5.41, 5.74) is 0.774. The number of benzene rings is 1. The van der Waals surface area contributed by atoms with Gasteiger partial charge in [-0.1, -0.05) is 56.0 Å². The molecule has 11 nitrogen and oxygen atoms in total. The lowest BCUT2D eigenvalue weighted by Gasteiger charge is -2.35. The van der Waals surface area contributed by atoms with Crippen LogP contribution < -0.4 is 0 Å². The number of hydrogen-bond acceptors (Lipinski definition) is 7. The summed E-state index contributed by atoms with van der Waals surface area (Å²) in [7, 11) is 0. The van der Waals surface area contributed by atoms with Gasteiger partial charge in [-0.2, -0.15) is 0 Å². The average Bonchev–Trinajstić information content (AvgIpc) is 3.62. The first-order chi connectivity index (χ1) is 18.5. The number of amides is 3. The Labute approximate surface area is 222 Å². The fourth-order valence-electron chi connectivity index (χ4n) is 5.48. The van der Waals surface area contributed by atoms with Crippen molar-refractivity contribution in [2.45, 2.75) is 76.7 Å². The molecule has 3 atom stereocenters. The predicted molar refractivity (Wildman–Crippen MR) is 134 cm³/mol. The molecule has 2 heterocycles. The minimum Gasteiger partial charge on any atom is -0.480 e. The van der Waals surface area contributed by atoms with Gasteiger partial charge in [0.25, 0.3) is 0 Å². The molecule has 4 rings (SSSR count). The molecule has 0 aromatic heterocycles. The van der Waals surface area contributed by atoms with Gasteiger partial charge in [0.2, 0.25) is 12.3 Å². The van der Waals surface area contributed by atoms with Crippen LogP contribution in [0.1, 0.15) is 63.4 Å². The third-order valence-corrected chi connectivity index (χ3v) is 7.45. The van der Waals surface area contributed by atoms with E-state index in [4.69, 9.17) is 14.3 Å². The lowest BCUT2D eigenvalue weighted by atomic mass is 9.92. The van der Waals surface area contributed by atoms with Crippen LogP contribution in [-0.4, -0.2) is 76.6 Å². The number of aliphatic carboxylic acids is 1. The van der Waals surface area contributed by atoms with Gasteiger partial charge in [0.1, 0.15) is 6.61 Å². The van der Waals surface area contributed by atoms with Gasteiger partial charge in [0, 0.05) is 26.0 Å². The molecule has 0 bridgehead atoms. The number of hydrazine groups is 1. The molecule has 1 unspecified atom stereocenters. The maximum absolute atomic E-state index is 14.0. The molecule has 1 aliphatic carbocycles. The molecule has 0 radical (unpaired) electrons. The van der Waals surface area contributed by atoms with Gasteiger partial charge in [-0.3, -0.25) is 9.59 Å². The van der Waals surface area contributed by atoms with E-state index in [-0.39, 0.29) is 32.0 Å². The molecule has 2 aliphatic heterocycles. The number of hydroxylamine groups is 2. The van der Waals surface area contributed by atoms with Crippen molar-refractivity contribution in [3.63, 3.8) is 0 Å². The number of nitrogens with zero attached hydrogens (tertiary/aromatic N) is 3. The van der Waals surface area contributed by atoms with E-state index < -0.39 is 36.2 Å². The Morgan fingerprint density at radius 3 is 2.47 bits per heavy atom. The summed E-state index contributed by atoms with van der Waals surface area (Å²) >= 11 is 0. The van der Waals surface area contributed by atoms with Crippen molar-refractivity contribution in [3.8, 4) is 0 Å². The number of rotatable bonds is 11. The third-order valence-electron chi connectivity index (χ3n) is 7.45. The highest BCUT2D eigenvalue weighted by Gasteiger charge is 2.46. The molecule has 3 aliphatic rings. The Morgan fingerprint density at radius 1 is 1.08 bits per heavy atom. The second-order valence-electron chi connectivity index (χ2n) is 10.2. The predicted octanol–water partition coefficient (Wildman–Crippen LogP) is 3.34. The summed E-state index contributed by atoms with van der Waals surface area (Å²) in [6, 6.07) is 7.90. The molecule has 0 spiro atoms. The second-order valence-corrected chi connectivity index (χ2v) is 10.2. The fourth-order valence-corrected chi connectivity index (χ4v) is 5.48. The maximum Gasteiger partial charge on any atom is 0.429 e. The molecule has 208 valence electrons. The van der Waals surface area contributed by atoms with Gasteiger partial charge in [0.15, 0.2) is 12.3 Å². The van der Waals surface area contributed by atoms with Crippen LogP contribution in [0.2, 0.25) is 0 Å². The fraction of sp³-hybridized carbons (Fsp3) is 0.630. The van der Waals surface area contributed by atoms with Gasteiger partial charge >= 0.3 is 12.1 Å². The molecule has 1 aromatic carbocycles. The highest BCUT2D eigenvalue weighted by atomic mass is 16.8. The summed E-state index contributed by atoms with van der Waals surface area (Å²) in [5.74, 6) is -2.21. The minimum atomic E-state index is -1.20. The van der Waals surface area contributed by atoms with Crippen LogP contribution in [0, 0.1) is 11.8 Å². The first-order valence-electron chi connectivity index (χ1n) is 13.5. The number of carbonyl (C=O) groups excluding carboxylic acids is 3. The average molecular weight is 532 g/mol. The lowest BCUT2D eigenvalue weighted by molar-refractivity contribution is -0.276. The Hall–Kier alpha value is -3.18. The van der Waals surface area contributed by atoms with Crippen molar-refractivity contribution >= 4 is 24.4 Å². The van der Waals surface area contributed by atoms with E-state index >= 15 is 0 Å². The van der Waals surface area contributed by atoms with Gasteiger partial charge in [-0.25, -0.2) is 29.5 Å². The van der Waals surface area contributed by atoms with E-state index in [9.17, 15) is 24.3 Å². The molecular weight excluding hydrogens is 494 g/mol. The zero-order chi connectivity index (χ0) is 26.9. The van der Waals surface area contributed by atoms with Gasteiger partial charge < -0.3 is 14.6 Å². The molecule has 2 saturated heterocycles. The molecule has 1 saturated carbocycles. The Morgan fingerprint density at radius 2 is 1.82 bits per heavy atom. The van der Waals surface area contributed by atoms with Crippen LogP contribution in [0.4, 0.5) is 4.79 Å². The van der Waals surface area contributed by atoms with Crippen molar-refractivity contribution in [1.29, 1.82) is 0 Å². The highest BCUT2D eigenvalue weighted by Crippen LogP contribution is 2.33. The SMILES string of the molecule is O=CN(C[C@@H](CC1CCCC1)C(=O)N1[C@H](C(=O)O)CCN1C(=O)OCc1ccccc1)OC1CCCCO1. The molecule has 38 heavy (non-hydrogen) atoms. The van der Waals surface area contributed by atoms with E-state index in [0.29, 0.717) is 25.9 Å². The molecule has 1 N–H and O–H groups in total. The van der Waals surface area contributed by atoms with Crippen LogP contribution in [0.3, 0.4) is 0 Å². The van der Waals surface area contributed by atoms with Crippen LogP contribution in [-0.2, 0) is 35.3 Å². The number of carboxylic acid groups (broad SMARTS) is 1. The minimum absolute atomic E-state index is 0.00437.